The number of halogens is 3. The van der Waals surface area contributed by atoms with Gasteiger partial charge in [0.05, 0.1) is 0 Å². The van der Waals surface area contributed by atoms with Gasteiger partial charge in [-0.25, -0.2) is 12.3 Å². The summed E-state index contributed by atoms with van der Waals surface area (Å²) in [7, 11) is -5.42. The lowest BCUT2D eigenvalue weighted by Crippen LogP contribution is -2.00. The highest BCUT2D eigenvalue weighted by molar-refractivity contribution is 8.11. The molecular weight excluding hydrogens is 117 g/mol. The molecule has 0 aromatic rings. The van der Waals surface area contributed by atoms with Gasteiger partial charge in [-0.2, -0.15) is 0 Å². The summed E-state index contributed by atoms with van der Waals surface area (Å²) in [5.74, 6) is 0. The predicted octanol–water partition coefficient (Wildman–Crippen LogP) is 1.26. The van der Waals surface area contributed by atoms with E-state index in [4.69, 9.17) is 0 Å². The van der Waals surface area contributed by atoms with Crippen LogP contribution in [0.4, 0.5) is 12.3 Å². The van der Waals surface area contributed by atoms with Crippen LogP contribution in [0.5, 0.6) is 0 Å². The van der Waals surface area contributed by atoms with Crippen LogP contribution < -0.4 is 0 Å². The minimum Gasteiger partial charge on any atom is -0.229 e. The molecule has 0 amide bonds. The second-order valence-electron chi connectivity index (χ2n) is 0.468. The standard InChI is InChI=1S/F3HSSi/c1-5(2,3)4/h4H. The molecule has 0 aliphatic rings. The zero-order valence-electron chi connectivity index (χ0n) is 2.08. The molecule has 0 unspecified atom stereocenters. The van der Waals surface area contributed by atoms with Crippen molar-refractivity contribution in [1.29, 1.82) is 0 Å². The van der Waals surface area contributed by atoms with Crippen molar-refractivity contribution in [1.82, 2.24) is 0 Å². The van der Waals surface area contributed by atoms with Gasteiger partial charge in [0.15, 0.2) is 0 Å². The molecule has 0 aliphatic heterocycles. The van der Waals surface area contributed by atoms with E-state index in [0.717, 1.165) is 0 Å². The summed E-state index contributed by atoms with van der Waals surface area (Å²) in [5, 5.41) is 0. The fraction of sp³-hybridized carbons (Fsp3) is 0. The average molecular weight is 118 g/mol. The molecule has 0 saturated carbocycles. The van der Waals surface area contributed by atoms with Crippen LogP contribution in [0.3, 0.4) is 0 Å². The zero-order chi connectivity index (χ0) is 4.50. The average Bonchev–Trinajstić information content (AvgIpc) is 0.722. The lowest BCUT2D eigenvalue weighted by Gasteiger charge is -1.80. The second kappa shape index (κ2) is 1.21. The van der Waals surface area contributed by atoms with Crippen LogP contribution in [0.2, 0.25) is 0 Å². The van der Waals surface area contributed by atoms with Gasteiger partial charge < -0.3 is 0 Å². The van der Waals surface area contributed by atoms with E-state index in [-0.39, 0.29) is 0 Å². The first-order chi connectivity index (χ1) is 2.00. The highest BCUT2D eigenvalue weighted by Gasteiger charge is 2.29. The van der Waals surface area contributed by atoms with E-state index in [1.807, 2.05) is 0 Å². The Hall–Kier alpha value is 0.357. The smallest absolute Gasteiger partial charge is 0.229 e. The van der Waals surface area contributed by atoms with Crippen molar-refractivity contribution in [3.8, 4) is 0 Å². The van der Waals surface area contributed by atoms with E-state index in [1.54, 1.807) is 0 Å². The first-order valence-corrected chi connectivity index (χ1v) is 3.71. The van der Waals surface area contributed by atoms with E-state index in [9.17, 15) is 12.3 Å². The van der Waals surface area contributed by atoms with Crippen molar-refractivity contribution < 1.29 is 12.3 Å². The Bertz CT molecular complexity index is 22.4. The molecule has 0 aromatic heterocycles. The fourth-order valence-corrected chi connectivity index (χ4v) is 0. The van der Waals surface area contributed by atoms with Crippen LogP contribution in [-0.2, 0) is 0 Å². The van der Waals surface area contributed by atoms with Gasteiger partial charge in [-0.3, -0.25) is 0 Å². The molecular formula is HF3SSi. The Morgan fingerprint density at radius 3 is 1.20 bits per heavy atom. The minimum absolute atomic E-state index is 2.26. The van der Waals surface area contributed by atoms with Crippen molar-refractivity contribution in [2.75, 3.05) is 0 Å². The summed E-state index contributed by atoms with van der Waals surface area (Å²) in [6.45, 7) is 0. The van der Waals surface area contributed by atoms with Crippen molar-refractivity contribution in [2.24, 2.45) is 0 Å². The molecule has 32 valence electrons. The molecule has 0 aromatic carbocycles. The molecule has 0 radical (unpaired) electrons. The van der Waals surface area contributed by atoms with Crippen molar-refractivity contribution >= 4 is 20.3 Å². The Balaban J connectivity index is 3.02. The van der Waals surface area contributed by atoms with Crippen LogP contribution in [0.15, 0.2) is 0 Å². The summed E-state index contributed by atoms with van der Waals surface area (Å²) in [5.41, 5.74) is 0. The summed E-state index contributed by atoms with van der Waals surface area (Å²) in [6.07, 6.45) is 0. The maximum absolute atomic E-state index is 10.4. The van der Waals surface area contributed by atoms with Gasteiger partial charge in [-0.05, 0) is 0 Å². The largest absolute Gasteiger partial charge is 0.687 e. The van der Waals surface area contributed by atoms with Gasteiger partial charge in [-0.1, -0.05) is 0 Å². The van der Waals surface area contributed by atoms with E-state index < -0.39 is 8.22 Å². The SMILES string of the molecule is F[Si](F)(F)S. The first kappa shape index (κ1) is 5.36. The van der Waals surface area contributed by atoms with Crippen molar-refractivity contribution in [3.05, 3.63) is 0 Å². The van der Waals surface area contributed by atoms with E-state index in [0.29, 0.717) is 0 Å². The van der Waals surface area contributed by atoms with E-state index >= 15 is 0 Å². The maximum atomic E-state index is 10.4. The number of hydrogen-bond donors (Lipinski definition) is 1. The third kappa shape index (κ3) is 190. The van der Waals surface area contributed by atoms with Crippen LogP contribution in [0, 0.1) is 0 Å². The monoisotopic (exact) mass is 118 g/mol. The molecule has 0 rings (SSSR count). The Morgan fingerprint density at radius 2 is 1.20 bits per heavy atom. The summed E-state index contributed by atoms with van der Waals surface area (Å²) in [4.78, 5) is 0. The summed E-state index contributed by atoms with van der Waals surface area (Å²) >= 11 is 2.26. The van der Waals surface area contributed by atoms with Crippen LogP contribution in [-0.4, -0.2) is 8.22 Å². The number of rotatable bonds is 0. The molecule has 0 fully saturated rings. The zero-order valence-corrected chi connectivity index (χ0v) is 3.98. The van der Waals surface area contributed by atoms with Gasteiger partial charge in [0, 0.05) is 0 Å². The molecule has 0 heterocycles. The molecule has 0 N–H and O–H groups in total. The van der Waals surface area contributed by atoms with Crippen LogP contribution >= 0.6 is 12.1 Å². The van der Waals surface area contributed by atoms with Gasteiger partial charge in [0.25, 0.3) is 0 Å². The van der Waals surface area contributed by atoms with Gasteiger partial charge >= 0.3 is 8.22 Å². The Morgan fingerprint density at radius 1 is 1.20 bits per heavy atom. The van der Waals surface area contributed by atoms with Gasteiger partial charge in [-0.15, -0.1) is 12.1 Å². The first-order valence-electron chi connectivity index (χ1n) is 0.791. The topological polar surface area (TPSA) is 0 Å². The molecule has 0 spiro atoms. The van der Waals surface area contributed by atoms with Gasteiger partial charge in [0.1, 0.15) is 0 Å². The maximum Gasteiger partial charge on any atom is 0.687 e. The van der Waals surface area contributed by atoms with E-state index in [1.165, 1.54) is 0 Å². The normalized spacial score (nSPS) is 12.0. The predicted molar refractivity (Wildman–Crippen MR) is 18.1 cm³/mol. The molecule has 5 heavy (non-hydrogen) atoms. The Labute approximate surface area is 33.6 Å². The fourth-order valence-electron chi connectivity index (χ4n) is 0. The molecule has 5 heteroatoms. The molecule has 0 bridgehead atoms. The number of hydrogen-bond acceptors (Lipinski definition) is 1. The van der Waals surface area contributed by atoms with Gasteiger partial charge in [0.2, 0.25) is 0 Å². The molecule has 0 atom stereocenters. The second-order valence-corrected chi connectivity index (χ2v) is 2.92. The van der Waals surface area contributed by atoms with E-state index in [2.05, 4.69) is 12.1 Å². The minimum atomic E-state index is -5.42. The van der Waals surface area contributed by atoms with Crippen molar-refractivity contribution in [2.45, 2.75) is 0 Å². The van der Waals surface area contributed by atoms with Crippen LogP contribution in [0.25, 0.3) is 0 Å². The Kier molecular flexibility index (Phi) is 1.30. The highest BCUT2D eigenvalue weighted by atomic mass is 32.3. The summed E-state index contributed by atoms with van der Waals surface area (Å²) in [6, 6.07) is 0. The molecule has 0 saturated heterocycles. The quantitative estimate of drug-likeness (QED) is 0.276. The summed E-state index contributed by atoms with van der Waals surface area (Å²) < 4.78 is 31.1. The van der Waals surface area contributed by atoms with Crippen LogP contribution in [0.1, 0.15) is 0 Å². The number of thiol groups is 1. The lowest BCUT2D eigenvalue weighted by atomic mass is 18.7. The lowest BCUT2D eigenvalue weighted by molar-refractivity contribution is 0.521. The third-order valence-corrected chi connectivity index (χ3v) is 0. The highest BCUT2D eigenvalue weighted by Crippen LogP contribution is 2.10. The van der Waals surface area contributed by atoms with Crippen molar-refractivity contribution in [3.63, 3.8) is 0 Å². The molecule has 0 aliphatic carbocycles. The molecule has 0 nitrogen and oxygen atoms in total. The third-order valence-electron chi connectivity index (χ3n) is 0.